The summed E-state index contributed by atoms with van der Waals surface area (Å²) in [6.07, 6.45) is 6.26. The monoisotopic (exact) mass is 229 g/mol. The minimum absolute atomic E-state index is 0.323. The zero-order valence-electron chi connectivity index (χ0n) is 9.66. The maximum Gasteiger partial charge on any atom is 0.396 e. The quantitative estimate of drug-likeness (QED) is 0.436. The van der Waals surface area contributed by atoms with Crippen LogP contribution in [0.3, 0.4) is 0 Å². The van der Waals surface area contributed by atoms with Crippen LogP contribution in [0.1, 0.15) is 32.1 Å². The first-order valence-corrected chi connectivity index (χ1v) is 5.72. The molecule has 0 bridgehead atoms. The SMILES string of the molecule is COC(=O)C(=O)NCCOC1CCCCC1. The van der Waals surface area contributed by atoms with Gasteiger partial charge in [0.15, 0.2) is 0 Å². The minimum atomic E-state index is -0.863. The molecule has 0 radical (unpaired) electrons. The standard InChI is InChI=1S/C11H19NO4/c1-15-11(14)10(13)12-7-8-16-9-5-3-2-4-6-9/h9H,2-8H2,1H3,(H,12,13). The van der Waals surface area contributed by atoms with Gasteiger partial charge in [0.05, 0.1) is 19.8 Å². The van der Waals surface area contributed by atoms with Crippen LogP contribution in [0, 0.1) is 0 Å². The second-order valence-electron chi connectivity index (χ2n) is 3.88. The molecule has 0 unspecified atom stereocenters. The van der Waals surface area contributed by atoms with Crippen molar-refractivity contribution in [2.75, 3.05) is 20.3 Å². The number of esters is 1. The van der Waals surface area contributed by atoms with E-state index in [9.17, 15) is 9.59 Å². The summed E-state index contributed by atoms with van der Waals surface area (Å²) < 4.78 is 9.85. The third kappa shape index (κ3) is 4.61. The highest BCUT2D eigenvalue weighted by molar-refractivity contribution is 6.32. The molecule has 1 N–H and O–H groups in total. The van der Waals surface area contributed by atoms with Gasteiger partial charge in [-0.1, -0.05) is 19.3 Å². The van der Waals surface area contributed by atoms with E-state index in [4.69, 9.17) is 4.74 Å². The van der Waals surface area contributed by atoms with Gasteiger partial charge >= 0.3 is 11.9 Å². The minimum Gasteiger partial charge on any atom is -0.462 e. The molecule has 0 aliphatic heterocycles. The van der Waals surface area contributed by atoms with E-state index < -0.39 is 11.9 Å². The number of amides is 1. The van der Waals surface area contributed by atoms with Gasteiger partial charge in [-0.25, -0.2) is 4.79 Å². The number of nitrogens with one attached hydrogen (secondary N) is 1. The second kappa shape index (κ2) is 7.22. The number of rotatable bonds is 4. The third-order valence-electron chi connectivity index (χ3n) is 2.66. The van der Waals surface area contributed by atoms with Gasteiger partial charge in [0.25, 0.3) is 0 Å². The van der Waals surface area contributed by atoms with Gasteiger partial charge in [0, 0.05) is 6.54 Å². The van der Waals surface area contributed by atoms with E-state index in [1.54, 1.807) is 0 Å². The first kappa shape index (κ1) is 13.0. The van der Waals surface area contributed by atoms with Crippen LogP contribution in [-0.2, 0) is 19.1 Å². The highest BCUT2D eigenvalue weighted by atomic mass is 16.5. The van der Waals surface area contributed by atoms with Crippen molar-refractivity contribution in [2.45, 2.75) is 38.2 Å². The van der Waals surface area contributed by atoms with Crippen molar-refractivity contribution in [1.29, 1.82) is 0 Å². The van der Waals surface area contributed by atoms with Crippen molar-refractivity contribution in [3.63, 3.8) is 0 Å². The van der Waals surface area contributed by atoms with Gasteiger partial charge in [-0.3, -0.25) is 4.79 Å². The highest BCUT2D eigenvalue weighted by Crippen LogP contribution is 2.19. The Balaban J connectivity index is 2.02. The van der Waals surface area contributed by atoms with Crippen molar-refractivity contribution in [2.24, 2.45) is 0 Å². The molecule has 1 amide bonds. The Hall–Kier alpha value is -1.10. The number of carbonyl (C=O) groups excluding carboxylic acids is 2. The van der Waals surface area contributed by atoms with Crippen molar-refractivity contribution in [3.05, 3.63) is 0 Å². The van der Waals surface area contributed by atoms with Crippen molar-refractivity contribution < 1.29 is 19.1 Å². The first-order valence-electron chi connectivity index (χ1n) is 5.72. The Bertz CT molecular complexity index is 236. The van der Waals surface area contributed by atoms with Crippen LogP contribution in [0.5, 0.6) is 0 Å². The van der Waals surface area contributed by atoms with Crippen LogP contribution in [-0.4, -0.2) is 38.2 Å². The zero-order chi connectivity index (χ0) is 11.8. The van der Waals surface area contributed by atoms with Crippen LogP contribution in [0.25, 0.3) is 0 Å². The molecule has 5 nitrogen and oxygen atoms in total. The molecule has 1 aliphatic rings. The van der Waals surface area contributed by atoms with E-state index in [1.807, 2.05) is 0 Å². The van der Waals surface area contributed by atoms with E-state index in [0.717, 1.165) is 12.8 Å². The lowest BCUT2D eigenvalue weighted by atomic mass is 9.98. The fraction of sp³-hybridized carbons (Fsp3) is 0.818. The van der Waals surface area contributed by atoms with Crippen LogP contribution in [0.2, 0.25) is 0 Å². The molecular weight excluding hydrogens is 210 g/mol. The van der Waals surface area contributed by atoms with Gasteiger partial charge in [-0.05, 0) is 12.8 Å². The van der Waals surface area contributed by atoms with E-state index in [0.29, 0.717) is 19.3 Å². The van der Waals surface area contributed by atoms with E-state index in [-0.39, 0.29) is 0 Å². The average molecular weight is 229 g/mol. The summed E-state index contributed by atoms with van der Waals surface area (Å²) in [6.45, 7) is 0.803. The maximum absolute atomic E-state index is 11.0. The smallest absolute Gasteiger partial charge is 0.396 e. The summed E-state index contributed by atoms with van der Waals surface area (Å²) in [5, 5.41) is 2.43. The molecule has 16 heavy (non-hydrogen) atoms. The number of hydrogen-bond acceptors (Lipinski definition) is 4. The third-order valence-corrected chi connectivity index (χ3v) is 2.66. The average Bonchev–Trinajstić information content (AvgIpc) is 2.34. The molecule has 0 aromatic heterocycles. The first-order chi connectivity index (χ1) is 7.74. The largest absolute Gasteiger partial charge is 0.462 e. The lowest BCUT2D eigenvalue weighted by Gasteiger charge is -2.21. The predicted molar refractivity (Wildman–Crippen MR) is 57.9 cm³/mol. The Kier molecular flexibility index (Phi) is 5.85. The number of methoxy groups -OCH3 is 1. The molecule has 1 rings (SSSR count). The van der Waals surface area contributed by atoms with Crippen molar-refractivity contribution >= 4 is 11.9 Å². The Morgan fingerprint density at radius 1 is 1.25 bits per heavy atom. The van der Waals surface area contributed by atoms with Crippen molar-refractivity contribution in [3.8, 4) is 0 Å². The van der Waals surface area contributed by atoms with Gasteiger partial charge in [-0.2, -0.15) is 0 Å². The molecular formula is C11H19NO4. The molecule has 0 aromatic rings. The summed E-state index contributed by atoms with van der Waals surface area (Å²) >= 11 is 0. The number of ether oxygens (including phenoxy) is 2. The Morgan fingerprint density at radius 3 is 2.56 bits per heavy atom. The normalized spacial score (nSPS) is 16.8. The molecule has 5 heteroatoms. The van der Waals surface area contributed by atoms with Crippen LogP contribution >= 0.6 is 0 Å². The van der Waals surface area contributed by atoms with Gasteiger partial charge in [-0.15, -0.1) is 0 Å². The predicted octanol–water partition coefficient (Wildman–Crippen LogP) is 0.625. The molecule has 1 saturated carbocycles. The topological polar surface area (TPSA) is 64.6 Å². The fourth-order valence-electron chi connectivity index (χ4n) is 1.79. The van der Waals surface area contributed by atoms with E-state index >= 15 is 0 Å². The molecule has 92 valence electrons. The van der Waals surface area contributed by atoms with E-state index in [2.05, 4.69) is 10.1 Å². The molecule has 0 heterocycles. The Labute approximate surface area is 95.5 Å². The van der Waals surface area contributed by atoms with Gasteiger partial charge < -0.3 is 14.8 Å². The number of carbonyl (C=O) groups is 2. The Morgan fingerprint density at radius 2 is 1.94 bits per heavy atom. The lowest BCUT2D eigenvalue weighted by molar-refractivity contribution is -0.152. The molecule has 1 fully saturated rings. The second-order valence-corrected chi connectivity index (χ2v) is 3.88. The van der Waals surface area contributed by atoms with Crippen LogP contribution < -0.4 is 5.32 Å². The summed E-state index contributed by atoms with van der Waals surface area (Å²) in [5.41, 5.74) is 0. The zero-order valence-corrected chi connectivity index (χ0v) is 9.66. The molecule has 0 saturated heterocycles. The van der Waals surface area contributed by atoms with Crippen molar-refractivity contribution in [1.82, 2.24) is 5.32 Å². The van der Waals surface area contributed by atoms with Crippen LogP contribution in [0.4, 0.5) is 0 Å². The summed E-state index contributed by atoms with van der Waals surface area (Å²) in [7, 11) is 1.18. The lowest BCUT2D eigenvalue weighted by Crippen LogP contribution is -2.35. The highest BCUT2D eigenvalue weighted by Gasteiger charge is 2.15. The summed E-state index contributed by atoms with van der Waals surface area (Å²) in [6, 6.07) is 0. The summed E-state index contributed by atoms with van der Waals surface area (Å²) in [4.78, 5) is 21.7. The molecule has 0 spiro atoms. The molecule has 0 aromatic carbocycles. The molecule has 0 atom stereocenters. The van der Waals surface area contributed by atoms with Gasteiger partial charge in [0.1, 0.15) is 0 Å². The maximum atomic E-state index is 11.0. The fourth-order valence-corrected chi connectivity index (χ4v) is 1.79. The summed E-state index contributed by atoms with van der Waals surface area (Å²) in [5.74, 6) is -1.58. The molecule has 1 aliphatic carbocycles. The number of hydrogen-bond donors (Lipinski definition) is 1. The van der Waals surface area contributed by atoms with E-state index in [1.165, 1.54) is 26.4 Å². The van der Waals surface area contributed by atoms with Gasteiger partial charge in [0.2, 0.25) is 0 Å². The van der Waals surface area contributed by atoms with Crippen LogP contribution in [0.15, 0.2) is 0 Å².